The van der Waals surface area contributed by atoms with Gasteiger partial charge in [-0.3, -0.25) is 9.59 Å². The summed E-state index contributed by atoms with van der Waals surface area (Å²) in [5, 5.41) is 5.10. The lowest BCUT2D eigenvalue weighted by molar-refractivity contribution is -0.119. The molecule has 1 aromatic heterocycles. The number of hydrogen-bond acceptors (Lipinski definition) is 6. The number of anilines is 1. The Morgan fingerprint density at radius 1 is 1.21 bits per heavy atom. The Kier molecular flexibility index (Phi) is 6.72. The van der Waals surface area contributed by atoms with Crippen LogP contribution in [0.5, 0.6) is 5.75 Å². The summed E-state index contributed by atoms with van der Waals surface area (Å²) in [6.45, 7) is -0.247. The molecule has 1 aliphatic rings. The molecule has 2 aromatic carbocycles. The van der Waals surface area contributed by atoms with E-state index < -0.39 is 5.91 Å². The number of aromatic nitrogens is 2. The Balaban J connectivity index is 1.79. The van der Waals surface area contributed by atoms with Gasteiger partial charge in [-0.25, -0.2) is 4.98 Å². The summed E-state index contributed by atoms with van der Waals surface area (Å²) in [5.41, 5.74) is 7.30. The summed E-state index contributed by atoms with van der Waals surface area (Å²) in [6, 6.07) is 12.9. The van der Waals surface area contributed by atoms with E-state index in [1.54, 1.807) is 12.3 Å². The topological polar surface area (TPSA) is 103 Å². The Hall–Kier alpha value is -3.68. The van der Waals surface area contributed by atoms with Crippen LogP contribution < -0.4 is 20.9 Å². The molecule has 172 valence electrons. The Morgan fingerprint density at radius 3 is 2.70 bits per heavy atom. The first-order chi connectivity index (χ1) is 15.9. The maximum atomic E-state index is 13.4. The number of carbonyl (C=O) groups is 1. The molecule has 1 aliphatic carbocycles. The molecule has 0 unspecified atom stereocenters. The third-order valence-electron chi connectivity index (χ3n) is 5.94. The fraction of sp³-hybridized carbons (Fsp3) is 0.360. The Bertz CT molecular complexity index is 1240. The molecular formula is C25H29N5O3. The highest BCUT2D eigenvalue weighted by Crippen LogP contribution is 2.32. The first kappa shape index (κ1) is 22.5. The minimum Gasteiger partial charge on any atom is -0.483 e. The summed E-state index contributed by atoms with van der Waals surface area (Å²) < 4.78 is 7.06. The van der Waals surface area contributed by atoms with E-state index in [1.165, 1.54) is 11.1 Å². The lowest BCUT2D eigenvalue weighted by Crippen LogP contribution is -2.25. The van der Waals surface area contributed by atoms with Crippen LogP contribution in [0.3, 0.4) is 0 Å². The van der Waals surface area contributed by atoms with Crippen molar-refractivity contribution in [2.75, 3.05) is 25.6 Å². The van der Waals surface area contributed by atoms with Crippen molar-refractivity contribution in [1.82, 2.24) is 9.66 Å². The first-order valence-electron chi connectivity index (χ1n) is 11.2. The lowest BCUT2D eigenvalue weighted by Gasteiger charge is -2.22. The second-order valence-corrected chi connectivity index (χ2v) is 8.56. The van der Waals surface area contributed by atoms with Crippen molar-refractivity contribution in [2.24, 2.45) is 10.8 Å². The van der Waals surface area contributed by atoms with E-state index in [2.05, 4.69) is 5.10 Å². The monoisotopic (exact) mass is 447 g/mol. The summed E-state index contributed by atoms with van der Waals surface area (Å²) in [7, 11) is 3.83. The third-order valence-corrected chi connectivity index (χ3v) is 5.94. The maximum absolute atomic E-state index is 13.4. The molecule has 1 saturated carbocycles. The summed E-state index contributed by atoms with van der Waals surface area (Å²) in [4.78, 5) is 31.4. The number of fused-ring (bicyclic) bond motifs is 1. The number of nitrogens with zero attached hydrogens (tertiary/aromatic N) is 4. The number of carbonyl (C=O) groups excluding carboxylic acids is 1. The molecule has 0 bridgehead atoms. The van der Waals surface area contributed by atoms with E-state index in [1.807, 2.05) is 55.4 Å². The van der Waals surface area contributed by atoms with E-state index in [0.717, 1.165) is 31.4 Å². The zero-order valence-corrected chi connectivity index (χ0v) is 19.0. The number of primary amides is 1. The molecule has 8 nitrogen and oxygen atoms in total. The number of hydrogen-bond donors (Lipinski definition) is 1. The van der Waals surface area contributed by atoms with Crippen LogP contribution >= 0.6 is 0 Å². The van der Waals surface area contributed by atoms with Gasteiger partial charge in [0.25, 0.3) is 11.5 Å². The van der Waals surface area contributed by atoms with Gasteiger partial charge in [-0.1, -0.05) is 31.4 Å². The maximum Gasteiger partial charge on any atom is 0.282 e. The van der Waals surface area contributed by atoms with Crippen LogP contribution in [0.1, 0.15) is 49.4 Å². The SMILES string of the molecule is CN(C)c1ccc(C=Nn2c(C3CCCCC3)nc3ccccc3c2=O)c(OCC(N)=O)c1. The van der Waals surface area contributed by atoms with Crippen molar-refractivity contribution in [2.45, 2.75) is 38.0 Å². The molecule has 0 radical (unpaired) electrons. The Labute approximate surface area is 192 Å². The van der Waals surface area contributed by atoms with E-state index in [-0.39, 0.29) is 18.1 Å². The van der Waals surface area contributed by atoms with Gasteiger partial charge in [0, 0.05) is 37.3 Å². The lowest BCUT2D eigenvalue weighted by atomic mass is 9.88. The fourth-order valence-electron chi connectivity index (χ4n) is 4.18. The van der Waals surface area contributed by atoms with Gasteiger partial charge in [0.05, 0.1) is 17.1 Å². The first-order valence-corrected chi connectivity index (χ1v) is 11.2. The van der Waals surface area contributed by atoms with Gasteiger partial charge in [0.15, 0.2) is 6.61 Å². The van der Waals surface area contributed by atoms with Gasteiger partial charge in [-0.2, -0.15) is 9.78 Å². The molecule has 0 spiro atoms. The van der Waals surface area contributed by atoms with Crippen LogP contribution in [-0.4, -0.2) is 42.5 Å². The molecule has 1 fully saturated rings. The van der Waals surface area contributed by atoms with E-state index in [4.69, 9.17) is 15.5 Å². The normalized spacial score (nSPS) is 14.6. The standard InChI is InChI=1S/C25H29N5O3/c1-29(2)19-13-12-18(22(14-19)33-16-23(26)31)15-27-30-24(17-8-4-3-5-9-17)28-21-11-7-6-10-20(21)25(30)32/h6-7,10-15,17H,3-5,8-9,16H2,1-2H3,(H2,26,31). The van der Waals surface area contributed by atoms with Gasteiger partial charge in [-0.15, -0.1) is 0 Å². The minimum absolute atomic E-state index is 0.190. The molecule has 3 aromatic rings. The quantitative estimate of drug-likeness (QED) is 0.560. The number of nitrogens with two attached hydrogens (primary N) is 1. The highest BCUT2D eigenvalue weighted by molar-refractivity contribution is 5.85. The molecule has 33 heavy (non-hydrogen) atoms. The number of ether oxygens (including phenoxy) is 1. The average molecular weight is 448 g/mol. The van der Waals surface area contributed by atoms with Crippen LogP contribution in [0.2, 0.25) is 0 Å². The molecule has 2 N–H and O–H groups in total. The van der Waals surface area contributed by atoms with Gasteiger partial charge < -0.3 is 15.4 Å². The van der Waals surface area contributed by atoms with Gasteiger partial charge >= 0.3 is 0 Å². The van der Waals surface area contributed by atoms with Crippen molar-refractivity contribution in [3.63, 3.8) is 0 Å². The molecule has 0 saturated heterocycles. The molecule has 0 atom stereocenters. The molecule has 1 amide bonds. The fourth-order valence-corrected chi connectivity index (χ4v) is 4.18. The summed E-state index contributed by atoms with van der Waals surface area (Å²) in [5.74, 6) is 0.779. The van der Waals surface area contributed by atoms with Crippen LogP contribution in [0.4, 0.5) is 5.69 Å². The van der Waals surface area contributed by atoms with E-state index >= 15 is 0 Å². The highest BCUT2D eigenvalue weighted by Gasteiger charge is 2.22. The van der Waals surface area contributed by atoms with Crippen LogP contribution in [0, 0.1) is 0 Å². The van der Waals surface area contributed by atoms with Crippen molar-refractivity contribution in [3.05, 3.63) is 64.2 Å². The van der Waals surface area contributed by atoms with Crippen LogP contribution in [0.15, 0.2) is 52.4 Å². The largest absolute Gasteiger partial charge is 0.483 e. The molecule has 0 aliphatic heterocycles. The predicted molar refractivity (Wildman–Crippen MR) is 130 cm³/mol. The van der Waals surface area contributed by atoms with Crippen molar-refractivity contribution in [3.8, 4) is 5.75 Å². The molecular weight excluding hydrogens is 418 g/mol. The molecule has 8 heteroatoms. The second-order valence-electron chi connectivity index (χ2n) is 8.56. The molecule has 1 heterocycles. The zero-order chi connectivity index (χ0) is 23.4. The van der Waals surface area contributed by atoms with Gasteiger partial charge in [0.1, 0.15) is 11.6 Å². The van der Waals surface area contributed by atoms with Crippen LogP contribution in [0.25, 0.3) is 10.9 Å². The van der Waals surface area contributed by atoms with Crippen LogP contribution in [-0.2, 0) is 4.79 Å². The number of amides is 1. The third kappa shape index (κ3) is 5.05. The van der Waals surface area contributed by atoms with Gasteiger partial charge in [0.2, 0.25) is 0 Å². The van der Waals surface area contributed by atoms with Crippen molar-refractivity contribution < 1.29 is 9.53 Å². The predicted octanol–water partition coefficient (Wildman–Crippen LogP) is 3.26. The zero-order valence-electron chi connectivity index (χ0n) is 19.0. The Morgan fingerprint density at radius 2 is 1.97 bits per heavy atom. The minimum atomic E-state index is -0.567. The second kappa shape index (κ2) is 9.85. The highest BCUT2D eigenvalue weighted by atomic mass is 16.5. The van der Waals surface area contributed by atoms with E-state index in [9.17, 15) is 9.59 Å². The number of benzene rings is 2. The van der Waals surface area contributed by atoms with Crippen molar-refractivity contribution in [1.29, 1.82) is 0 Å². The molecule has 4 rings (SSSR count). The average Bonchev–Trinajstić information content (AvgIpc) is 2.82. The summed E-state index contributed by atoms with van der Waals surface area (Å²) >= 11 is 0. The summed E-state index contributed by atoms with van der Waals surface area (Å²) in [6.07, 6.45) is 7.01. The number of para-hydroxylation sites is 1. The van der Waals surface area contributed by atoms with Gasteiger partial charge in [-0.05, 0) is 37.1 Å². The number of rotatable bonds is 7. The smallest absolute Gasteiger partial charge is 0.282 e. The van der Waals surface area contributed by atoms with E-state index in [0.29, 0.717) is 28.0 Å². The van der Waals surface area contributed by atoms with Crippen molar-refractivity contribution >= 4 is 28.7 Å².